The van der Waals surface area contributed by atoms with Crippen molar-refractivity contribution < 1.29 is 14.4 Å². The van der Waals surface area contributed by atoms with Crippen molar-refractivity contribution in [2.75, 3.05) is 10.6 Å². The number of amides is 3. The Morgan fingerprint density at radius 3 is 2.04 bits per heavy atom. The predicted molar refractivity (Wildman–Crippen MR) is 196 cm³/mol. The normalized spacial score (nSPS) is 11.8. The molecule has 0 aliphatic rings. The predicted octanol–water partition coefficient (Wildman–Crippen LogP) is 9.03. The van der Waals surface area contributed by atoms with Gasteiger partial charge in [0.2, 0.25) is 5.91 Å². The van der Waals surface area contributed by atoms with E-state index in [1.54, 1.807) is 36.4 Å². The van der Waals surface area contributed by atoms with E-state index < -0.39 is 17.1 Å². The zero-order chi connectivity index (χ0) is 33.3. The summed E-state index contributed by atoms with van der Waals surface area (Å²) in [7, 11) is 0. The standard InChI is InChI=1S/C41H33N3O3S/c1-28-19-21-29(22-20-28)25-37(44-39(45)32-14-6-3-7-15-32)40(46)42-34-17-10-18-36(27-34)48-38(31-12-4-2-5-13-31)41(47)43-35-24-23-30-11-8-9-16-33(30)26-35/h2-27,38H,1H3,(H,42,46)(H,43,47)(H,44,45)/b37-25-. The molecule has 6 aromatic carbocycles. The second-order valence-electron chi connectivity index (χ2n) is 11.2. The Balaban J connectivity index is 1.22. The Labute approximate surface area is 283 Å². The third kappa shape index (κ3) is 8.26. The van der Waals surface area contributed by atoms with Crippen molar-refractivity contribution >= 4 is 57.7 Å². The number of anilines is 2. The van der Waals surface area contributed by atoms with Crippen molar-refractivity contribution in [3.05, 3.63) is 180 Å². The van der Waals surface area contributed by atoms with Gasteiger partial charge in [0.15, 0.2) is 0 Å². The maximum absolute atomic E-state index is 13.8. The maximum Gasteiger partial charge on any atom is 0.272 e. The molecule has 6 nitrogen and oxygen atoms in total. The number of rotatable bonds is 10. The van der Waals surface area contributed by atoms with Crippen LogP contribution in [0.5, 0.6) is 0 Å². The summed E-state index contributed by atoms with van der Waals surface area (Å²) in [6, 6.07) is 47.2. The number of carbonyl (C=O) groups excluding carboxylic acids is 3. The second-order valence-corrected chi connectivity index (χ2v) is 12.4. The van der Waals surface area contributed by atoms with Gasteiger partial charge in [-0.25, -0.2) is 0 Å². The quantitative estimate of drug-likeness (QED) is 0.102. The molecule has 48 heavy (non-hydrogen) atoms. The average Bonchev–Trinajstić information content (AvgIpc) is 3.12. The van der Waals surface area contributed by atoms with Crippen molar-refractivity contribution in [1.82, 2.24) is 5.32 Å². The van der Waals surface area contributed by atoms with E-state index >= 15 is 0 Å². The summed E-state index contributed by atoms with van der Waals surface area (Å²) in [5.41, 5.74) is 4.48. The minimum absolute atomic E-state index is 0.0997. The third-order valence-electron chi connectivity index (χ3n) is 7.62. The summed E-state index contributed by atoms with van der Waals surface area (Å²) in [6.45, 7) is 1.98. The molecule has 1 atom stereocenters. The molecule has 7 heteroatoms. The second kappa shape index (κ2) is 15.1. The van der Waals surface area contributed by atoms with Gasteiger partial charge < -0.3 is 16.0 Å². The molecule has 0 heterocycles. The highest BCUT2D eigenvalue weighted by atomic mass is 32.2. The molecule has 0 fully saturated rings. The van der Waals surface area contributed by atoms with E-state index in [9.17, 15) is 14.4 Å². The highest BCUT2D eigenvalue weighted by Gasteiger charge is 2.23. The van der Waals surface area contributed by atoms with Crippen LogP contribution in [-0.2, 0) is 9.59 Å². The molecule has 0 radical (unpaired) electrons. The topological polar surface area (TPSA) is 87.3 Å². The number of carbonyl (C=O) groups is 3. The summed E-state index contributed by atoms with van der Waals surface area (Å²) in [4.78, 5) is 41.3. The molecule has 1 unspecified atom stereocenters. The summed E-state index contributed by atoms with van der Waals surface area (Å²) < 4.78 is 0. The van der Waals surface area contributed by atoms with Gasteiger partial charge in [0.25, 0.3) is 11.8 Å². The fraction of sp³-hybridized carbons (Fsp3) is 0.0488. The smallest absolute Gasteiger partial charge is 0.272 e. The fourth-order valence-electron chi connectivity index (χ4n) is 5.13. The van der Waals surface area contributed by atoms with Crippen molar-refractivity contribution in [2.45, 2.75) is 17.1 Å². The van der Waals surface area contributed by atoms with Crippen LogP contribution in [0, 0.1) is 6.92 Å². The van der Waals surface area contributed by atoms with Crippen LogP contribution < -0.4 is 16.0 Å². The van der Waals surface area contributed by atoms with Crippen molar-refractivity contribution in [3.8, 4) is 0 Å². The molecule has 0 aromatic heterocycles. The van der Waals surface area contributed by atoms with E-state index in [0.717, 1.165) is 32.4 Å². The molecule has 0 aliphatic carbocycles. The number of hydrogen-bond acceptors (Lipinski definition) is 4. The number of benzene rings is 6. The highest BCUT2D eigenvalue weighted by molar-refractivity contribution is 8.00. The number of hydrogen-bond donors (Lipinski definition) is 3. The average molecular weight is 648 g/mol. The number of aryl methyl sites for hydroxylation is 1. The van der Waals surface area contributed by atoms with Crippen LogP contribution in [-0.4, -0.2) is 17.7 Å². The van der Waals surface area contributed by atoms with Gasteiger partial charge in [0.1, 0.15) is 10.9 Å². The monoisotopic (exact) mass is 647 g/mol. The molecule has 0 spiro atoms. The van der Waals surface area contributed by atoms with Crippen LogP contribution in [0.15, 0.2) is 162 Å². The van der Waals surface area contributed by atoms with E-state index in [1.807, 2.05) is 128 Å². The van der Waals surface area contributed by atoms with Crippen LogP contribution in [0.3, 0.4) is 0 Å². The van der Waals surface area contributed by atoms with E-state index in [-0.39, 0.29) is 11.6 Å². The Hall–Kier alpha value is -5.92. The molecule has 6 aromatic rings. The molecule has 236 valence electrons. The zero-order valence-electron chi connectivity index (χ0n) is 26.2. The van der Waals surface area contributed by atoms with Crippen LogP contribution in [0.25, 0.3) is 16.8 Å². The molecule has 0 saturated heterocycles. The lowest BCUT2D eigenvalue weighted by Gasteiger charge is -2.18. The molecule has 0 bridgehead atoms. The Morgan fingerprint density at radius 2 is 1.29 bits per heavy atom. The van der Waals surface area contributed by atoms with E-state index in [2.05, 4.69) is 16.0 Å². The summed E-state index contributed by atoms with van der Waals surface area (Å²) >= 11 is 1.39. The fourth-order valence-corrected chi connectivity index (χ4v) is 6.21. The largest absolute Gasteiger partial charge is 0.325 e. The number of thioether (sulfide) groups is 1. The zero-order valence-corrected chi connectivity index (χ0v) is 27.0. The molecular formula is C41H33N3O3S. The van der Waals surface area contributed by atoms with Crippen LogP contribution in [0.1, 0.15) is 32.3 Å². The van der Waals surface area contributed by atoms with E-state index in [0.29, 0.717) is 16.9 Å². The van der Waals surface area contributed by atoms with Gasteiger partial charge in [-0.2, -0.15) is 0 Å². The van der Waals surface area contributed by atoms with Crippen molar-refractivity contribution in [3.63, 3.8) is 0 Å². The molecule has 0 saturated carbocycles. The maximum atomic E-state index is 13.8. The summed E-state index contributed by atoms with van der Waals surface area (Å²) in [6.07, 6.45) is 1.65. The molecular weight excluding hydrogens is 615 g/mol. The Bertz CT molecular complexity index is 2100. The summed E-state index contributed by atoms with van der Waals surface area (Å²) in [5.74, 6) is -1.03. The van der Waals surface area contributed by atoms with Gasteiger partial charge in [0, 0.05) is 21.8 Å². The highest BCUT2D eigenvalue weighted by Crippen LogP contribution is 2.37. The van der Waals surface area contributed by atoms with Gasteiger partial charge in [-0.15, -0.1) is 11.8 Å². The SMILES string of the molecule is Cc1ccc(/C=C(\NC(=O)c2ccccc2)C(=O)Nc2cccc(SC(C(=O)Nc3ccc4ccccc4c3)c3ccccc3)c2)cc1. The molecule has 6 rings (SSSR count). The van der Waals surface area contributed by atoms with Gasteiger partial charge in [-0.05, 0) is 77.4 Å². The van der Waals surface area contributed by atoms with Gasteiger partial charge in [0.05, 0.1) is 0 Å². The number of fused-ring (bicyclic) bond motifs is 1. The van der Waals surface area contributed by atoms with E-state index in [1.165, 1.54) is 11.8 Å². The van der Waals surface area contributed by atoms with Crippen LogP contribution >= 0.6 is 11.8 Å². The van der Waals surface area contributed by atoms with Crippen LogP contribution in [0.4, 0.5) is 11.4 Å². The first-order chi connectivity index (χ1) is 23.4. The summed E-state index contributed by atoms with van der Waals surface area (Å²) in [5, 5.41) is 10.4. The van der Waals surface area contributed by atoms with Crippen molar-refractivity contribution in [1.29, 1.82) is 0 Å². The lowest BCUT2D eigenvalue weighted by Crippen LogP contribution is -2.30. The molecule has 3 N–H and O–H groups in total. The molecule has 3 amide bonds. The Kier molecular flexibility index (Phi) is 10.1. The van der Waals surface area contributed by atoms with Crippen LogP contribution in [0.2, 0.25) is 0 Å². The lowest BCUT2D eigenvalue weighted by molar-refractivity contribution is -0.116. The number of nitrogens with one attached hydrogen (secondary N) is 3. The first kappa shape index (κ1) is 32.0. The van der Waals surface area contributed by atoms with Gasteiger partial charge in [-0.1, -0.05) is 115 Å². The minimum Gasteiger partial charge on any atom is -0.325 e. The third-order valence-corrected chi connectivity index (χ3v) is 8.87. The minimum atomic E-state index is -0.564. The van der Waals surface area contributed by atoms with Gasteiger partial charge >= 0.3 is 0 Å². The van der Waals surface area contributed by atoms with Gasteiger partial charge in [-0.3, -0.25) is 14.4 Å². The molecule has 0 aliphatic heterocycles. The first-order valence-corrected chi connectivity index (χ1v) is 16.4. The lowest BCUT2D eigenvalue weighted by atomic mass is 10.1. The van der Waals surface area contributed by atoms with E-state index in [4.69, 9.17) is 0 Å². The Morgan fingerprint density at radius 1 is 0.625 bits per heavy atom. The van der Waals surface area contributed by atoms with Crippen molar-refractivity contribution in [2.24, 2.45) is 0 Å². The first-order valence-electron chi connectivity index (χ1n) is 15.5.